The molecule has 0 atom stereocenters. The smallest absolute Gasteiger partial charge is 0.231 e. The highest BCUT2D eigenvalue weighted by atomic mass is 16.7. The van der Waals surface area contributed by atoms with Crippen LogP contribution in [-0.4, -0.2) is 6.79 Å². The van der Waals surface area contributed by atoms with E-state index >= 15 is 0 Å². The van der Waals surface area contributed by atoms with Gasteiger partial charge in [-0.1, -0.05) is 24.3 Å². The molecule has 0 radical (unpaired) electrons. The predicted octanol–water partition coefficient (Wildman–Crippen LogP) is 2.57. The monoisotopic (exact) mass is 172 g/mol. The fraction of sp³-hybridized carbons (Fsp3) is 0.0909. The van der Waals surface area contributed by atoms with E-state index in [1.807, 2.05) is 24.3 Å². The topological polar surface area (TPSA) is 18.5 Å². The maximum atomic E-state index is 5.28. The minimum atomic E-state index is 0.339. The van der Waals surface area contributed by atoms with E-state index in [-0.39, 0.29) is 0 Å². The van der Waals surface area contributed by atoms with E-state index in [2.05, 4.69) is 12.1 Å². The van der Waals surface area contributed by atoms with E-state index in [0.717, 1.165) is 11.5 Å². The van der Waals surface area contributed by atoms with Gasteiger partial charge in [-0.25, -0.2) is 0 Å². The molecule has 1 aliphatic heterocycles. The summed E-state index contributed by atoms with van der Waals surface area (Å²) in [6.45, 7) is 0.339. The number of benzene rings is 2. The minimum absolute atomic E-state index is 0.339. The Hall–Kier alpha value is -1.70. The highest BCUT2D eigenvalue weighted by Crippen LogP contribution is 2.35. The summed E-state index contributed by atoms with van der Waals surface area (Å²) in [5.41, 5.74) is 0. The zero-order chi connectivity index (χ0) is 8.67. The summed E-state index contributed by atoms with van der Waals surface area (Å²) >= 11 is 0. The number of ether oxygens (including phenoxy) is 2. The average molecular weight is 172 g/mol. The molecule has 1 aliphatic rings. The first-order valence-electron chi connectivity index (χ1n) is 4.22. The molecule has 0 N–H and O–H groups in total. The van der Waals surface area contributed by atoms with Crippen LogP contribution in [0.3, 0.4) is 0 Å². The molecular formula is C11H8O2. The first-order chi connectivity index (χ1) is 6.43. The highest BCUT2D eigenvalue weighted by molar-refractivity contribution is 5.86. The van der Waals surface area contributed by atoms with Crippen LogP contribution < -0.4 is 9.47 Å². The van der Waals surface area contributed by atoms with Crippen LogP contribution in [0.15, 0.2) is 36.4 Å². The molecule has 2 aromatic rings. The lowest BCUT2D eigenvalue weighted by atomic mass is 10.1. The summed E-state index contributed by atoms with van der Waals surface area (Å²) in [7, 11) is 0. The maximum absolute atomic E-state index is 5.28. The molecule has 0 aliphatic carbocycles. The van der Waals surface area contributed by atoms with Gasteiger partial charge in [0.2, 0.25) is 6.79 Å². The van der Waals surface area contributed by atoms with E-state index in [0.29, 0.717) is 6.79 Å². The molecule has 0 amide bonds. The highest BCUT2D eigenvalue weighted by Gasteiger charge is 2.13. The molecule has 13 heavy (non-hydrogen) atoms. The van der Waals surface area contributed by atoms with Gasteiger partial charge in [0.05, 0.1) is 0 Å². The zero-order valence-corrected chi connectivity index (χ0v) is 6.99. The Balaban J connectivity index is 2.36. The Morgan fingerprint density at radius 3 is 1.92 bits per heavy atom. The molecule has 0 saturated heterocycles. The fourth-order valence-electron chi connectivity index (χ4n) is 1.58. The van der Waals surface area contributed by atoms with E-state index in [1.54, 1.807) is 0 Å². The van der Waals surface area contributed by atoms with E-state index < -0.39 is 0 Å². The van der Waals surface area contributed by atoms with Crippen LogP contribution in [0.2, 0.25) is 0 Å². The number of hydrogen-bond acceptors (Lipinski definition) is 2. The summed E-state index contributed by atoms with van der Waals surface area (Å²) in [5.74, 6) is 1.69. The molecule has 1 heterocycles. The molecule has 2 nitrogen and oxygen atoms in total. The van der Waals surface area contributed by atoms with Crippen molar-refractivity contribution in [2.24, 2.45) is 0 Å². The third kappa shape index (κ3) is 0.952. The van der Waals surface area contributed by atoms with E-state index in [9.17, 15) is 0 Å². The lowest BCUT2D eigenvalue weighted by molar-refractivity contribution is 0.174. The van der Waals surface area contributed by atoms with Gasteiger partial charge in [0.15, 0.2) is 11.5 Å². The van der Waals surface area contributed by atoms with Crippen molar-refractivity contribution in [3.05, 3.63) is 36.4 Å². The van der Waals surface area contributed by atoms with Gasteiger partial charge in [-0.3, -0.25) is 0 Å². The van der Waals surface area contributed by atoms with Gasteiger partial charge in [0.25, 0.3) is 0 Å². The van der Waals surface area contributed by atoms with Crippen molar-refractivity contribution in [2.45, 2.75) is 0 Å². The van der Waals surface area contributed by atoms with Crippen molar-refractivity contribution >= 4 is 10.8 Å². The first-order valence-corrected chi connectivity index (χ1v) is 4.22. The molecule has 3 rings (SSSR count). The molecule has 0 unspecified atom stereocenters. The lowest BCUT2D eigenvalue weighted by Gasteiger charge is -1.99. The SMILES string of the molecule is c1ccc2cc3c(cc2c1)OCO3. The lowest BCUT2D eigenvalue weighted by Crippen LogP contribution is -1.92. The zero-order valence-electron chi connectivity index (χ0n) is 6.99. The number of rotatable bonds is 0. The summed E-state index contributed by atoms with van der Waals surface area (Å²) in [5, 5.41) is 2.37. The maximum Gasteiger partial charge on any atom is 0.231 e. The van der Waals surface area contributed by atoms with Crippen molar-refractivity contribution in [1.29, 1.82) is 0 Å². The van der Waals surface area contributed by atoms with Crippen LogP contribution in [0.5, 0.6) is 11.5 Å². The van der Waals surface area contributed by atoms with Crippen molar-refractivity contribution in [1.82, 2.24) is 0 Å². The van der Waals surface area contributed by atoms with Gasteiger partial charge in [-0.05, 0) is 22.9 Å². The summed E-state index contributed by atoms with van der Waals surface area (Å²) in [6.07, 6.45) is 0. The second-order valence-electron chi connectivity index (χ2n) is 3.05. The normalized spacial score (nSPS) is 13.5. The van der Waals surface area contributed by atoms with Crippen LogP contribution in [0.1, 0.15) is 0 Å². The Morgan fingerprint density at radius 2 is 1.38 bits per heavy atom. The Kier molecular flexibility index (Phi) is 1.25. The largest absolute Gasteiger partial charge is 0.454 e. The minimum Gasteiger partial charge on any atom is -0.454 e. The molecule has 0 aromatic heterocycles. The predicted molar refractivity (Wildman–Crippen MR) is 50.1 cm³/mol. The summed E-state index contributed by atoms with van der Waals surface area (Å²) < 4.78 is 10.6. The Bertz CT molecular complexity index is 420. The van der Waals surface area contributed by atoms with Crippen molar-refractivity contribution in [2.75, 3.05) is 6.79 Å². The van der Waals surface area contributed by atoms with Gasteiger partial charge in [-0.2, -0.15) is 0 Å². The van der Waals surface area contributed by atoms with Gasteiger partial charge in [-0.15, -0.1) is 0 Å². The third-order valence-corrected chi connectivity index (χ3v) is 2.24. The average Bonchev–Trinajstić information content (AvgIpc) is 2.61. The van der Waals surface area contributed by atoms with Crippen molar-refractivity contribution < 1.29 is 9.47 Å². The molecule has 0 saturated carbocycles. The van der Waals surface area contributed by atoms with Crippen LogP contribution in [0.4, 0.5) is 0 Å². The van der Waals surface area contributed by atoms with Gasteiger partial charge in [0, 0.05) is 0 Å². The molecule has 0 fully saturated rings. The number of hydrogen-bond donors (Lipinski definition) is 0. The third-order valence-electron chi connectivity index (χ3n) is 2.24. The summed E-state index contributed by atoms with van der Waals surface area (Å²) in [4.78, 5) is 0. The fourth-order valence-corrected chi connectivity index (χ4v) is 1.58. The van der Waals surface area contributed by atoms with Gasteiger partial charge >= 0.3 is 0 Å². The van der Waals surface area contributed by atoms with Crippen molar-refractivity contribution in [3.63, 3.8) is 0 Å². The summed E-state index contributed by atoms with van der Waals surface area (Å²) in [6, 6.07) is 12.2. The van der Waals surface area contributed by atoms with E-state index in [4.69, 9.17) is 9.47 Å². The van der Waals surface area contributed by atoms with Crippen LogP contribution in [0, 0.1) is 0 Å². The van der Waals surface area contributed by atoms with Gasteiger partial charge in [0.1, 0.15) is 0 Å². The molecule has 64 valence electrons. The van der Waals surface area contributed by atoms with Crippen LogP contribution >= 0.6 is 0 Å². The number of fused-ring (bicyclic) bond motifs is 2. The molecule has 2 aromatic carbocycles. The first kappa shape index (κ1) is 6.78. The molecular weight excluding hydrogens is 164 g/mol. The van der Waals surface area contributed by atoms with Crippen LogP contribution in [-0.2, 0) is 0 Å². The Morgan fingerprint density at radius 1 is 0.846 bits per heavy atom. The quantitative estimate of drug-likeness (QED) is 0.608. The second-order valence-corrected chi connectivity index (χ2v) is 3.05. The Labute approximate surface area is 75.7 Å². The van der Waals surface area contributed by atoms with Gasteiger partial charge < -0.3 is 9.47 Å². The standard InChI is InChI=1S/C11H8O2/c1-2-4-9-6-11-10(12-7-13-11)5-8(9)3-1/h1-6H,7H2. The molecule has 0 spiro atoms. The second kappa shape index (κ2) is 2.39. The molecule has 0 bridgehead atoms. The molecule has 2 heteroatoms. The van der Waals surface area contributed by atoms with Crippen molar-refractivity contribution in [3.8, 4) is 11.5 Å². The van der Waals surface area contributed by atoms with Crippen LogP contribution in [0.25, 0.3) is 10.8 Å². The van der Waals surface area contributed by atoms with E-state index in [1.165, 1.54) is 10.8 Å².